The number of nitrogens with zero attached hydrogens (tertiary/aromatic N) is 1. The molecule has 0 saturated carbocycles. The van der Waals surface area contributed by atoms with Gasteiger partial charge in [-0.1, -0.05) is 34.1 Å². The number of benzene rings is 2. The zero-order valence-electron chi connectivity index (χ0n) is 10.2. The fourth-order valence-electron chi connectivity index (χ4n) is 1.69. The molecule has 0 aliphatic heterocycles. The fourth-order valence-corrected chi connectivity index (χ4v) is 3.51. The molecule has 6 heteroatoms. The van der Waals surface area contributed by atoms with Gasteiger partial charge in [0.15, 0.2) is 0 Å². The number of hydrogen-bond acceptors (Lipinski definition) is 3. The van der Waals surface area contributed by atoms with Gasteiger partial charge in [0.05, 0.1) is 16.3 Å². The number of nitrogen functional groups attached to an aromatic ring is 1. The van der Waals surface area contributed by atoms with Crippen molar-refractivity contribution in [3.63, 3.8) is 0 Å². The summed E-state index contributed by atoms with van der Waals surface area (Å²) in [5.74, 6) is 0. The molecule has 0 radical (unpaired) electrons. The second kappa shape index (κ2) is 5.22. The molecule has 0 aliphatic carbocycles. The number of nitrogens with two attached hydrogens (primary N) is 1. The van der Waals surface area contributed by atoms with Gasteiger partial charge < -0.3 is 5.73 Å². The van der Waals surface area contributed by atoms with E-state index in [0.717, 1.165) is 0 Å². The highest BCUT2D eigenvalue weighted by molar-refractivity contribution is 9.10. The average molecular weight is 341 g/mol. The molecule has 2 aromatic carbocycles. The standard InChI is InChI=1S/C13H13BrN2O2S/c1-16(13-8-3-2-7-12(13)15)19(17,18)11-6-4-5-10(14)9-11/h2-9H,15H2,1H3. The average Bonchev–Trinajstić information content (AvgIpc) is 2.38. The summed E-state index contributed by atoms with van der Waals surface area (Å²) in [7, 11) is -2.13. The largest absolute Gasteiger partial charge is 0.397 e. The summed E-state index contributed by atoms with van der Waals surface area (Å²) < 4.78 is 26.9. The third kappa shape index (κ3) is 2.74. The number of anilines is 2. The summed E-state index contributed by atoms with van der Waals surface area (Å²) in [6, 6.07) is 13.4. The molecule has 2 N–H and O–H groups in total. The number of hydrogen-bond donors (Lipinski definition) is 1. The van der Waals surface area contributed by atoms with Gasteiger partial charge in [0.2, 0.25) is 0 Å². The zero-order chi connectivity index (χ0) is 14.0. The maximum Gasteiger partial charge on any atom is 0.264 e. The predicted octanol–water partition coefficient (Wildman–Crippen LogP) is 2.86. The monoisotopic (exact) mass is 340 g/mol. The Kier molecular flexibility index (Phi) is 3.82. The van der Waals surface area contributed by atoms with E-state index in [1.807, 2.05) is 0 Å². The van der Waals surface area contributed by atoms with Crippen molar-refractivity contribution in [2.24, 2.45) is 0 Å². The minimum atomic E-state index is -3.61. The molecule has 0 aromatic heterocycles. The van der Waals surface area contributed by atoms with E-state index in [4.69, 9.17) is 5.73 Å². The fraction of sp³-hybridized carbons (Fsp3) is 0.0769. The van der Waals surface area contributed by atoms with Crippen LogP contribution in [0.4, 0.5) is 11.4 Å². The third-order valence-electron chi connectivity index (χ3n) is 2.73. The van der Waals surface area contributed by atoms with Gasteiger partial charge in [0.25, 0.3) is 10.0 Å². The van der Waals surface area contributed by atoms with Crippen molar-refractivity contribution < 1.29 is 8.42 Å². The maximum atomic E-state index is 12.5. The van der Waals surface area contributed by atoms with E-state index in [-0.39, 0.29) is 4.90 Å². The minimum Gasteiger partial charge on any atom is -0.397 e. The quantitative estimate of drug-likeness (QED) is 0.873. The Bertz CT molecular complexity index is 701. The Morgan fingerprint density at radius 2 is 1.79 bits per heavy atom. The molecule has 0 heterocycles. The molecule has 0 spiro atoms. The smallest absolute Gasteiger partial charge is 0.264 e. The molecule has 19 heavy (non-hydrogen) atoms. The van der Waals surface area contributed by atoms with E-state index in [1.165, 1.54) is 11.4 Å². The van der Waals surface area contributed by atoms with Gasteiger partial charge in [-0.05, 0) is 30.3 Å². The molecule has 0 atom stereocenters. The molecule has 0 bridgehead atoms. The van der Waals surface area contributed by atoms with Crippen LogP contribution in [0.2, 0.25) is 0 Å². The summed E-state index contributed by atoms with van der Waals surface area (Å²) in [5.41, 5.74) is 6.69. The van der Waals surface area contributed by atoms with Crippen molar-refractivity contribution in [1.82, 2.24) is 0 Å². The lowest BCUT2D eigenvalue weighted by molar-refractivity contribution is 0.594. The van der Waals surface area contributed by atoms with Crippen LogP contribution < -0.4 is 10.0 Å². The molecule has 0 saturated heterocycles. The van der Waals surface area contributed by atoms with Gasteiger partial charge in [-0.3, -0.25) is 4.31 Å². The second-order valence-electron chi connectivity index (χ2n) is 3.99. The SMILES string of the molecule is CN(c1ccccc1N)S(=O)(=O)c1cccc(Br)c1. The maximum absolute atomic E-state index is 12.5. The summed E-state index contributed by atoms with van der Waals surface area (Å²) in [6.45, 7) is 0. The second-order valence-corrected chi connectivity index (χ2v) is 6.87. The van der Waals surface area contributed by atoms with E-state index < -0.39 is 10.0 Å². The number of rotatable bonds is 3. The highest BCUT2D eigenvalue weighted by Crippen LogP contribution is 2.27. The van der Waals surface area contributed by atoms with Gasteiger partial charge >= 0.3 is 0 Å². The van der Waals surface area contributed by atoms with Gasteiger partial charge in [-0.2, -0.15) is 0 Å². The van der Waals surface area contributed by atoms with Crippen LogP contribution in [-0.4, -0.2) is 15.5 Å². The van der Waals surface area contributed by atoms with Crippen molar-refractivity contribution in [1.29, 1.82) is 0 Å². The molecule has 0 aliphatic rings. The zero-order valence-corrected chi connectivity index (χ0v) is 12.6. The number of sulfonamides is 1. The first-order valence-corrected chi connectivity index (χ1v) is 7.75. The van der Waals surface area contributed by atoms with Gasteiger partial charge in [0.1, 0.15) is 0 Å². The molecule has 4 nitrogen and oxygen atoms in total. The van der Waals surface area contributed by atoms with Crippen LogP contribution in [0.3, 0.4) is 0 Å². The summed E-state index contributed by atoms with van der Waals surface area (Å²) in [6.07, 6.45) is 0. The van der Waals surface area contributed by atoms with Gasteiger partial charge in [-0.15, -0.1) is 0 Å². The molecule has 0 amide bonds. The normalized spacial score (nSPS) is 11.3. The lowest BCUT2D eigenvalue weighted by Crippen LogP contribution is -2.27. The first-order valence-electron chi connectivity index (χ1n) is 5.52. The first kappa shape index (κ1) is 13.9. The Labute approximate surface area is 121 Å². The van der Waals surface area contributed by atoms with E-state index in [0.29, 0.717) is 15.8 Å². The topological polar surface area (TPSA) is 63.4 Å². The molecule has 0 fully saturated rings. The van der Waals surface area contributed by atoms with Crippen LogP contribution in [-0.2, 0) is 10.0 Å². The van der Waals surface area contributed by atoms with Gasteiger partial charge in [-0.25, -0.2) is 8.42 Å². The van der Waals surface area contributed by atoms with E-state index >= 15 is 0 Å². The van der Waals surface area contributed by atoms with Crippen molar-refractivity contribution >= 4 is 37.3 Å². The molecule has 2 aromatic rings. The van der Waals surface area contributed by atoms with Crippen LogP contribution >= 0.6 is 15.9 Å². The van der Waals surface area contributed by atoms with Crippen molar-refractivity contribution in [2.75, 3.05) is 17.1 Å². The van der Waals surface area contributed by atoms with E-state index in [9.17, 15) is 8.42 Å². The number of para-hydroxylation sites is 2. The van der Waals surface area contributed by atoms with Crippen LogP contribution in [0, 0.1) is 0 Å². The summed E-state index contributed by atoms with van der Waals surface area (Å²) >= 11 is 3.27. The minimum absolute atomic E-state index is 0.215. The van der Waals surface area contributed by atoms with Crippen LogP contribution in [0.15, 0.2) is 57.9 Å². The highest BCUT2D eigenvalue weighted by atomic mass is 79.9. The lowest BCUT2D eigenvalue weighted by Gasteiger charge is -2.21. The Hall–Kier alpha value is -1.53. The lowest BCUT2D eigenvalue weighted by atomic mass is 10.3. The molecule has 100 valence electrons. The molecular formula is C13H13BrN2O2S. The Balaban J connectivity index is 2.49. The first-order chi connectivity index (χ1) is 8.93. The Morgan fingerprint density at radius 1 is 1.11 bits per heavy atom. The van der Waals surface area contributed by atoms with Crippen LogP contribution in [0.25, 0.3) is 0 Å². The molecular weight excluding hydrogens is 328 g/mol. The van der Waals surface area contributed by atoms with E-state index in [1.54, 1.807) is 48.5 Å². The van der Waals surface area contributed by atoms with Gasteiger partial charge in [0, 0.05) is 11.5 Å². The highest BCUT2D eigenvalue weighted by Gasteiger charge is 2.22. The van der Waals surface area contributed by atoms with Crippen molar-refractivity contribution in [2.45, 2.75) is 4.90 Å². The van der Waals surface area contributed by atoms with Crippen LogP contribution in [0.5, 0.6) is 0 Å². The molecule has 2 rings (SSSR count). The van der Waals surface area contributed by atoms with Crippen molar-refractivity contribution in [3.05, 3.63) is 53.0 Å². The summed E-state index contributed by atoms with van der Waals surface area (Å²) in [5, 5.41) is 0. The molecule has 0 unspecified atom stereocenters. The van der Waals surface area contributed by atoms with Crippen molar-refractivity contribution in [3.8, 4) is 0 Å². The third-order valence-corrected chi connectivity index (χ3v) is 4.99. The Morgan fingerprint density at radius 3 is 2.42 bits per heavy atom. The number of halogens is 1. The predicted molar refractivity (Wildman–Crippen MR) is 80.6 cm³/mol. The summed E-state index contributed by atoms with van der Waals surface area (Å²) in [4.78, 5) is 0.215. The van der Waals surface area contributed by atoms with E-state index in [2.05, 4.69) is 15.9 Å². The van der Waals surface area contributed by atoms with Crippen LogP contribution in [0.1, 0.15) is 0 Å².